The second-order valence-electron chi connectivity index (χ2n) is 10.2. The van der Waals surface area contributed by atoms with E-state index in [1.807, 2.05) is 0 Å². The third-order valence-corrected chi connectivity index (χ3v) is 7.72. The molecule has 2 fully saturated rings. The fourth-order valence-electron chi connectivity index (χ4n) is 5.37. The number of halogens is 1. The first-order chi connectivity index (χ1) is 19.3. The lowest BCUT2D eigenvalue weighted by molar-refractivity contribution is -0.355. The van der Waals surface area contributed by atoms with Gasteiger partial charge in [-0.2, -0.15) is 0 Å². The molecule has 1 unspecified atom stereocenters. The Labute approximate surface area is 233 Å². The first-order valence-corrected chi connectivity index (χ1v) is 12.7. The summed E-state index contributed by atoms with van der Waals surface area (Å²) in [5, 5.41) is 66.5. The molecule has 3 aliphatic rings. The number of hydrogen-bond donors (Lipinski definition) is 8. The maximum absolute atomic E-state index is 15.4. The van der Waals surface area contributed by atoms with Crippen molar-refractivity contribution in [3.63, 3.8) is 0 Å². The Kier molecular flexibility index (Phi) is 7.17. The lowest BCUT2D eigenvalue weighted by atomic mass is 9.87. The van der Waals surface area contributed by atoms with Crippen LogP contribution in [0.15, 0.2) is 18.2 Å². The fourth-order valence-corrected chi connectivity index (χ4v) is 5.37. The van der Waals surface area contributed by atoms with Gasteiger partial charge in [-0.25, -0.2) is 4.39 Å². The number of ether oxygens (including phenoxy) is 1. The van der Waals surface area contributed by atoms with Crippen LogP contribution in [0.2, 0.25) is 0 Å². The molecular weight excluding hydrogens is 546 g/mol. The zero-order valence-corrected chi connectivity index (χ0v) is 21.8. The van der Waals surface area contributed by atoms with Gasteiger partial charge in [0.1, 0.15) is 13.7 Å². The average Bonchev–Trinajstić information content (AvgIpc) is 3.25. The molecule has 41 heavy (non-hydrogen) atoms. The quantitative estimate of drug-likeness (QED) is 0.0551. The minimum absolute atomic E-state index is 0.00894. The van der Waals surface area contributed by atoms with E-state index in [1.54, 1.807) is 23.5 Å². The molecule has 3 heterocycles. The standard InChI is InChI=1S/C25H28BFN4O10/c26-15-17(28-8-11-2-1-3-12(16(11)27)9-30-4-6-41-7-5-30)13-10-31(22(35)14(13)18(32)19(15)33)20-21(34)29-23(36)25(39,40)24(20,37)38/h1-3,20,28,32-33,37-40H,4-10,26H2,(H,29,34,36). The van der Waals surface area contributed by atoms with Crippen molar-refractivity contribution in [1.82, 2.24) is 15.1 Å². The van der Waals surface area contributed by atoms with Gasteiger partial charge in [-0.05, 0) is 5.46 Å². The van der Waals surface area contributed by atoms with Crippen molar-refractivity contribution >= 4 is 36.7 Å². The van der Waals surface area contributed by atoms with E-state index in [2.05, 4.69) is 10.2 Å². The van der Waals surface area contributed by atoms with Crippen molar-refractivity contribution in [2.75, 3.05) is 31.6 Å². The number of nitrogens with zero attached hydrogens (tertiary/aromatic N) is 2. The van der Waals surface area contributed by atoms with Crippen LogP contribution in [0.25, 0.3) is 0 Å². The van der Waals surface area contributed by atoms with E-state index in [-0.39, 0.29) is 28.8 Å². The fraction of sp³-hybridized carbons (Fsp3) is 0.400. The number of aromatic hydroxyl groups is 2. The summed E-state index contributed by atoms with van der Waals surface area (Å²) in [5.74, 6) is -14.1. The van der Waals surface area contributed by atoms with Crippen LogP contribution in [0, 0.1) is 5.82 Å². The molecule has 0 aromatic heterocycles. The van der Waals surface area contributed by atoms with Gasteiger partial charge in [-0.1, -0.05) is 18.2 Å². The van der Waals surface area contributed by atoms with Gasteiger partial charge in [0.05, 0.1) is 18.8 Å². The molecular formula is C25H28BFN4O10. The van der Waals surface area contributed by atoms with Crippen LogP contribution in [0.5, 0.6) is 11.5 Å². The number of phenols is 2. The predicted octanol–water partition coefficient (Wildman–Crippen LogP) is -3.72. The molecule has 2 saturated heterocycles. The monoisotopic (exact) mass is 574 g/mol. The summed E-state index contributed by atoms with van der Waals surface area (Å²) in [4.78, 5) is 40.3. The number of hydrogen-bond acceptors (Lipinski definition) is 12. The van der Waals surface area contributed by atoms with Crippen molar-refractivity contribution in [1.29, 1.82) is 0 Å². The maximum Gasteiger partial charge on any atom is 0.303 e. The molecule has 0 saturated carbocycles. The van der Waals surface area contributed by atoms with Crippen molar-refractivity contribution in [2.24, 2.45) is 0 Å². The zero-order valence-electron chi connectivity index (χ0n) is 21.8. The van der Waals surface area contributed by atoms with E-state index in [4.69, 9.17) is 4.74 Å². The number of anilines is 1. The summed E-state index contributed by atoms with van der Waals surface area (Å²) in [6, 6.07) is 2.50. The van der Waals surface area contributed by atoms with E-state index in [0.717, 1.165) is 0 Å². The number of nitrogens with one attached hydrogen (secondary N) is 2. The average molecular weight is 574 g/mol. The summed E-state index contributed by atoms with van der Waals surface area (Å²) < 4.78 is 20.8. The van der Waals surface area contributed by atoms with Crippen LogP contribution in [0.4, 0.5) is 10.1 Å². The Morgan fingerprint density at radius 2 is 1.73 bits per heavy atom. The molecule has 16 heteroatoms. The van der Waals surface area contributed by atoms with Crippen LogP contribution in [-0.2, 0) is 34.0 Å². The number of piperidine rings is 1. The minimum Gasteiger partial charge on any atom is -0.505 e. The van der Waals surface area contributed by atoms with E-state index in [1.165, 1.54) is 7.85 Å². The third kappa shape index (κ3) is 4.58. The molecule has 0 spiro atoms. The Balaban J connectivity index is 1.45. The lowest BCUT2D eigenvalue weighted by Crippen LogP contribution is -2.79. The summed E-state index contributed by atoms with van der Waals surface area (Å²) in [6.45, 7) is 2.09. The van der Waals surface area contributed by atoms with Crippen LogP contribution < -0.4 is 16.1 Å². The number of amides is 3. The predicted molar refractivity (Wildman–Crippen MR) is 139 cm³/mol. The van der Waals surface area contributed by atoms with Crippen LogP contribution >= 0.6 is 0 Å². The number of fused-ring (bicyclic) bond motifs is 1. The van der Waals surface area contributed by atoms with Crippen molar-refractivity contribution in [3.05, 3.63) is 46.3 Å². The van der Waals surface area contributed by atoms with Crippen LogP contribution in [0.1, 0.15) is 27.0 Å². The Morgan fingerprint density at radius 1 is 1.07 bits per heavy atom. The van der Waals surface area contributed by atoms with Gasteiger partial charge in [0, 0.05) is 55.1 Å². The van der Waals surface area contributed by atoms with Crippen LogP contribution in [-0.4, -0.2) is 110 Å². The second kappa shape index (κ2) is 10.2. The molecule has 2 aromatic carbocycles. The number of morpholine rings is 1. The highest BCUT2D eigenvalue weighted by atomic mass is 19.1. The number of rotatable bonds is 6. The molecule has 0 aliphatic carbocycles. The molecule has 14 nitrogen and oxygen atoms in total. The molecule has 0 bridgehead atoms. The van der Waals surface area contributed by atoms with Gasteiger partial charge in [0.2, 0.25) is 0 Å². The van der Waals surface area contributed by atoms with Crippen molar-refractivity contribution in [3.8, 4) is 11.5 Å². The molecule has 218 valence electrons. The summed E-state index contributed by atoms with van der Waals surface area (Å²) >= 11 is 0. The molecule has 1 atom stereocenters. The van der Waals surface area contributed by atoms with Gasteiger partial charge in [0.25, 0.3) is 23.5 Å². The van der Waals surface area contributed by atoms with E-state index in [9.17, 15) is 45.0 Å². The lowest BCUT2D eigenvalue weighted by Gasteiger charge is -2.44. The topological polar surface area (TPSA) is 212 Å². The minimum atomic E-state index is -3.87. The van der Waals surface area contributed by atoms with Gasteiger partial charge >= 0.3 is 5.79 Å². The van der Waals surface area contributed by atoms with E-state index >= 15 is 4.39 Å². The molecule has 0 radical (unpaired) electrons. The molecule has 3 amide bonds. The van der Waals surface area contributed by atoms with Gasteiger partial charge < -0.3 is 45.6 Å². The highest BCUT2D eigenvalue weighted by Crippen LogP contribution is 2.43. The Morgan fingerprint density at radius 3 is 2.41 bits per heavy atom. The molecule has 2 aromatic rings. The number of imide groups is 1. The van der Waals surface area contributed by atoms with E-state index < -0.39 is 64.8 Å². The number of benzene rings is 2. The summed E-state index contributed by atoms with van der Waals surface area (Å²) in [5.41, 5.74) is 0.394. The van der Waals surface area contributed by atoms with Gasteiger partial charge in [-0.15, -0.1) is 0 Å². The molecule has 5 rings (SSSR count). The Hall–Kier alpha value is -3.80. The maximum atomic E-state index is 15.4. The number of carbonyl (C=O) groups is 3. The normalized spacial score (nSPS) is 22.0. The highest BCUT2D eigenvalue weighted by molar-refractivity contribution is 6.39. The highest BCUT2D eigenvalue weighted by Gasteiger charge is 2.67. The van der Waals surface area contributed by atoms with Crippen molar-refractivity contribution in [2.45, 2.75) is 37.3 Å². The SMILES string of the molecule is Bc1c(O)c(O)c2c(c1NCc1cccc(CN3CCOCC3)c1F)CN(C1C(=O)NC(=O)C(O)(O)C1(O)O)C2=O. The summed E-state index contributed by atoms with van der Waals surface area (Å²) in [7, 11) is 1.41. The summed E-state index contributed by atoms with van der Waals surface area (Å²) in [6.07, 6.45) is 0. The Bertz CT molecular complexity index is 1450. The van der Waals surface area contributed by atoms with E-state index in [0.29, 0.717) is 43.3 Å². The third-order valence-electron chi connectivity index (χ3n) is 7.72. The smallest absolute Gasteiger partial charge is 0.303 e. The van der Waals surface area contributed by atoms with Crippen molar-refractivity contribution < 1.29 is 54.2 Å². The van der Waals surface area contributed by atoms with Gasteiger partial charge in [-0.3, -0.25) is 24.6 Å². The first kappa shape index (κ1) is 28.7. The molecule has 3 aliphatic heterocycles. The number of phenolic OH excluding ortho intramolecular Hbond substituents is 2. The number of aliphatic hydroxyl groups is 4. The zero-order chi connectivity index (χ0) is 29.9. The largest absolute Gasteiger partial charge is 0.505 e. The number of carbonyl (C=O) groups excluding carboxylic acids is 3. The van der Waals surface area contributed by atoms with Gasteiger partial charge in [0.15, 0.2) is 17.5 Å². The molecule has 8 N–H and O–H groups in total. The first-order valence-electron chi connectivity index (χ1n) is 12.7. The van der Waals surface area contributed by atoms with Crippen LogP contribution in [0.3, 0.4) is 0 Å². The second-order valence-corrected chi connectivity index (χ2v) is 10.2.